The molecule has 1 aromatic rings. The van der Waals surface area contributed by atoms with E-state index in [2.05, 4.69) is 10.6 Å². The summed E-state index contributed by atoms with van der Waals surface area (Å²) in [5.74, 6) is -1.80. The summed E-state index contributed by atoms with van der Waals surface area (Å²) in [7, 11) is 0. The van der Waals surface area contributed by atoms with Gasteiger partial charge in [0.15, 0.2) is 0 Å². The summed E-state index contributed by atoms with van der Waals surface area (Å²) in [6.45, 7) is 1.42. The van der Waals surface area contributed by atoms with E-state index in [9.17, 15) is 18.8 Å². The fourth-order valence-electron chi connectivity index (χ4n) is 3.52. The molecule has 0 spiro atoms. The van der Waals surface area contributed by atoms with E-state index in [4.69, 9.17) is 0 Å². The SMILES string of the molecule is O=C1CCC(N2Cc3c4c(cc(F)c3C2=O)CNC4)C(=O)N1. The van der Waals surface area contributed by atoms with E-state index < -0.39 is 23.7 Å². The van der Waals surface area contributed by atoms with E-state index in [-0.39, 0.29) is 30.9 Å². The Balaban J connectivity index is 1.72. The molecule has 0 bridgehead atoms. The van der Waals surface area contributed by atoms with Gasteiger partial charge in [-0.05, 0) is 29.2 Å². The summed E-state index contributed by atoms with van der Waals surface area (Å²) in [5, 5.41) is 5.39. The number of hydrogen-bond acceptors (Lipinski definition) is 4. The first kappa shape index (κ1) is 13.4. The van der Waals surface area contributed by atoms with Crippen molar-refractivity contribution in [2.45, 2.75) is 38.5 Å². The highest BCUT2D eigenvalue weighted by Crippen LogP contribution is 2.34. The number of carbonyl (C=O) groups is 3. The first-order valence-electron chi connectivity index (χ1n) is 7.24. The van der Waals surface area contributed by atoms with E-state index in [1.54, 1.807) is 0 Å². The quantitative estimate of drug-likeness (QED) is 0.726. The maximum absolute atomic E-state index is 14.3. The molecule has 3 aliphatic heterocycles. The lowest BCUT2D eigenvalue weighted by atomic mass is 9.99. The molecule has 3 aliphatic rings. The average molecular weight is 303 g/mol. The highest BCUT2D eigenvalue weighted by molar-refractivity contribution is 6.05. The van der Waals surface area contributed by atoms with Crippen molar-refractivity contribution in [3.05, 3.63) is 34.1 Å². The predicted molar refractivity (Wildman–Crippen MR) is 73.0 cm³/mol. The minimum atomic E-state index is -0.706. The molecular formula is C15H14FN3O3. The molecule has 6 nitrogen and oxygen atoms in total. The van der Waals surface area contributed by atoms with Gasteiger partial charge in [-0.25, -0.2) is 4.39 Å². The Kier molecular flexibility index (Phi) is 2.80. The minimum Gasteiger partial charge on any atom is -0.322 e. The molecule has 1 fully saturated rings. The Morgan fingerprint density at radius 1 is 1.18 bits per heavy atom. The maximum atomic E-state index is 14.3. The fraction of sp³-hybridized carbons (Fsp3) is 0.400. The van der Waals surface area contributed by atoms with Crippen molar-refractivity contribution in [1.82, 2.24) is 15.5 Å². The number of hydrogen-bond donors (Lipinski definition) is 2. The Morgan fingerprint density at radius 3 is 2.77 bits per heavy atom. The third-order valence-electron chi connectivity index (χ3n) is 4.60. The first-order chi connectivity index (χ1) is 10.6. The number of piperidine rings is 1. The van der Waals surface area contributed by atoms with Gasteiger partial charge in [-0.1, -0.05) is 0 Å². The fourth-order valence-corrected chi connectivity index (χ4v) is 3.52. The lowest BCUT2D eigenvalue weighted by molar-refractivity contribution is -0.136. The van der Waals surface area contributed by atoms with Crippen molar-refractivity contribution in [3.8, 4) is 0 Å². The molecule has 1 atom stereocenters. The Hall–Kier alpha value is -2.28. The van der Waals surface area contributed by atoms with Crippen LogP contribution in [0.1, 0.15) is 39.9 Å². The number of nitrogens with zero attached hydrogens (tertiary/aromatic N) is 1. The van der Waals surface area contributed by atoms with Gasteiger partial charge in [-0.2, -0.15) is 0 Å². The number of amides is 3. The molecule has 3 heterocycles. The van der Waals surface area contributed by atoms with Crippen molar-refractivity contribution < 1.29 is 18.8 Å². The number of imide groups is 1. The Morgan fingerprint density at radius 2 is 2.00 bits per heavy atom. The van der Waals surface area contributed by atoms with Crippen molar-refractivity contribution in [2.75, 3.05) is 0 Å². The van der Waals surface area contributed by atoms with Crippen LogP contribution in [0.5, 0.6) is 0 Å². The van der Waals surface area contributed by atoms with E-state index in [0.717, 1.165) is 11.1 Å². The van der Waals surface area contributed by atoms with Gasteiger partial charge >= 0.3 is 0 Å². The van der Waals surface area contributed by atoms with Crippen LogP contribution in [0.25, 0.3) is 0 Å². The van der Waals surface area contributed by atoms with E-state index >= 15 is 0 Å². The molecule has 1 saturated heterocycles. The van der Waals surface area contributed by atoms with E-state index in [1.165, 1.54) is 11.0 Å². The standard InChI is InChI=1S/C15H14FN3O3/c16-10-3-7-4-17-5-8(7)9-6-19(15(22)13(9)10)11-1-2-12(20)18-14(11)21/h3,11,17H,1-2,4-6H2,(H,18,20,21). The summed E-state index contributed by atoms with van der Waals surface area (Å²) < 4.78 is 14.3. The van der Waals surface area contributed by atoms with Gasteiger partial charge < -0.3 is 10.2 Å². The number of benzene rings is 1. The molecular weight excluding hydrogens is 289 g/mol. The number of carbonyl (C=O) groups excluding carboxylic acids is 3. The molecule has 1 unspecified atom stereocenters. The summed E-state index contributed by atoms with van der Waals surface area (Å²) in [6.07, 6.45) is 0.477. The molecule has 1 aromatic carbocycles. The Bertz CT molecular complexity index is 731. The number of fused-ring (bicyclic) bond motifs is 3. The van der Waals surface area contributed by atoms with Gasteiger partial charge in [0, 0.05) is 26.1 Å². The van der Waals surface area contributed by atoms with Crippen LogP contribution in [0.3, 0.4) is 0 Å². The average Bonchev–Trinajstić information content (AvgIpc) is 3.04. The second-order valence-corrected chi connectivity index (χ2v) is 5.85. The van der Waals surface area contributed by atoms with Gasteiger partial charge in [0.2, 0.25) is 11.8 Å². The molecule has 0 saturated carbocycles. The summed E-state index contributed by atoms with van der Waals surface area (Å²) in [5.41, 5.74) is 2.58. The lowest BCUT2D eigenvalue weighted by Gasteiger charge is -2.29. The first-order valence-corrected chi connectivity index (χ1v) is 7.24. The zero-order valence-corrected chi connectivity index (χ0v) is 11.7. The van der Waals surface area contributed by atoms with Gasteiger partial charge in [-0.3, -0.25) is 19.7 Å². The molecule has 3 amide bonds. The highest BCUT2D eigenvalue weighted by atomic mass is 19.1. The summed E-state index contributed by atoms with van der Waals surface area (Å²) >= 11 is 0. The normalized spacial score (nSPS) is 23.6. The van der Waals surface area contributed by atoms with Crippen molar-refractivity contribution >= 4 is 17.7 Å². The number of nitrogens with one attached hydrogen (secondary N) is 2. The van der Waals surface area contributed by atoms with Crippen LogP contribution in [0.4, 0.5) is 4.39 Å². The molecule has 7 heteroatoms. The largest absolute Gasteiger partial charge is 0.322 e. The van der Waals surface area contributed by atoms with Gasteiger partial charge in [0.05, 0.1) is 5.56 Å². The highest BCUT2D eigenvalue weighted by Gasteiger charge is 2.42. The van der Waals surface area contributed by atoms with Crippen LogP contribution >= 0.6 is 0 Å². The van der Waals surface area contributed by atoms with Crippen molar-refractivity contribution in [1.29, 1.82) is 0 Å². The third kappa shape index (κ3) is 1.78. The van der Waals surface area contributed by atoms with Gasteiger partial charge in [0.1, 0.15) is 11.9 Å². The smallest absolute Gasteiger partial charge is 0.258 e. The number of halogens is 1. The molecule has 114 valence electrons. The van der Waals surface area contributed by atoms with Gasteiger partial charge in [0.25, 0.3) is 5.91 Å². The van der Waals surface area contributed by atoms with Crippen molar-refractivity contribution in [3.63, 3.8) is 0 Å². The molecule has 2 N–H and O–H groups in total. The molecule has 22 heavy (non-hydrogen) atoms. The van der Waals surface area contributed by atoms with Crippen LogP contribution in [0, 0.1) is 5.82 Å². The van der Waals surface area contributed by atoms with Crippen LogP contribution in [0.2, 0.25) is 0 Å². The molecule has 0 aliphatic carbocycles. The van der Waals surface area contributed by atoms with Crippen LogP contribution in [-0.2, 0) is 29.2 Å². The summed E-state index contributed by atoms with van der Waals surface area (Å²) in [4.78, 5) is 37.1. The second-order valence-electron chi connectivity index (χ2n) is 5.85. The van der Waals surface area contributed by atoms with Crippen LogP contribution < -0.4 is 10.6 Å². The zero-order chi connectivity index (χ0) is 15.4. The lowest BCUT2D eigenvalue weighted by Crippen LogP contribution is -2.52. The van der Waals surface area contributed by atoms with Gasteiger partial charge in [-0.15, -0.1) is 0 Å². The third-order valence-corrected chi connectivity index (χ3v) is 4.60. The minimum absolute atomic E-state index is 0.0761. The maximum Gasteiger partial charge on any atom is 0.258 e. The van der Waals surface area contributed by atoms with Crippen LogP contribution in [0.15, 0.2) is 6.07 Å². The van der Waals surface area contributed by atoms with E-state index in [0.29, 0.717) is 18.7 Å². The topological polar surface area (TPSA) is 78.5 Å². The molecule has 0 radical (unpaired) electrons. The predicted octanol–water partition coefficient (Wildman–Crippen LogP) is 0.190. The summed E-state index contributed by atoms with van der Waals surface area (Å²) in [6, 6.07) is 0.696. The molecule has 4 rings (SSSR count). The Labute approximate surface area is 125 Å². The van der Waals surface area contributed by atoms with Crippen molar-refractivity contribution in [2.24, 2.45) is 0 Å². The van der Waals surface area contributed by atoms with Crippen LogP contribution in [-0.4, -0.2) is 28.7 Å². The zero-order valence-electron chi connectivity index (χ0n) is 11.7. The second kappa shape index (κ2) is 4.61. The molecule has 0 aromatic heterocycles. The monoisotopic (exact) mass is 303 g/mol. The number of rotatable bonds is 1. The van der Waals surface area contributed by atoms with E-state index in [1.807, 2.05) is 0 Å².